The highest BCUT2D eigenvalue weighted by atomic mass is 35.7. The lowest BCUT2D eigenvalue weighted by atomic mass is 10.1. The molecule has 1 aromatic carbocycles. The van der Waals surface area contributed by atoms with E-state index in [0.29, 0.717) is 6.07 Å². The van der Waals surface area contributed by atoms with Gasteiger partial charge in [0.25, 0.3) is 9.05 Å². The van der Waals surface area contributed by atoms with Crippen LogP contribution in [-0.2, 0) is 19.1 Å². The zero-order chi connectivity index (χ0) is 15.8. The number of terminal acetylenes is 1. The molecule has 0 fully saturated rings. The standard InChI is InChI=1S/C11H11ClFNO4S2/c1-4-11(2,3)14-20(17,18)10-6-5-8(7-9(10)13)19(12,15)16/h1,5-7,14H,2-3H3. The average Bonchev–Trinajstić information content (AvgIpc) is 2.26. The van der Waals surface area contributed by atoms with Crippen molar-refractivity contribution >= 4 is 29.8 Å². The summed E-state index contributed by atoms with van der Waals surface area (Å²) in [5, 5.41) is 0. The highest BCUT2D eigenvalue weighted by molar-refractivity contribution is 8.13. The zero-order valence-electron chi connectivity index (χ0n) is 10.5. The molecular weight excluding hydrogens is 329 g/mol. The third-order valence-electron chi connectivity index (χ3n) is 2.22. The fraction of sp³-hybridized carbons (Fsp3) is 0.273. The minimum Gasteiger partial charge on any atom is -0.207 e. The van der Waals surface area contributed by atoms with Crippen LogP contribution >= 0.6 is 10.7 Å². The van der Waals surface area contributed by atoms with Gasteiger partial charge in [-0.15, -0.1) is 6.42 Å². The summed E-state index contributed by atoms with van der Waals surface area (Å²) >= 11 is 0. The molecule has 0 atom stereocenters. The number of nitrogens with one attached hydrogen (secondary N) is 1. The van der Waals surface area contributed by atoms with Crippen LogP contribution in [0.2, 0.25) is 0 Å². The van der Waals surface area contributed by atoms with E-state index in [1.807, 2.05) is 0 Å². The summed E-state index contributed by atoms with van der Waals surface area (Å²) in [5.74, 6) is 0.949. The van der Waals surface area contributed by atoms with Gasteiger partial charge in [0, 0.05) is 10.7 Å². The van der Waals surface area contributed by atoms with Crippen LogP contribution in [0.1, 0.15) is 13.8 Å². The van der Waals surface area contributed by atoms with Gasteiger partial charge in [-0.25, -0.2) is 21.2 Å². The van der Waals surface area contributed by atoms with Crippen molar-refractivity contribution in [1.29, 1.82) is 0 Å². The number of hydrogen-bond acceptors (Lipinski definition) is 4. The number of rotatable bonds is 4. The summed E-state index contributed by atoms with van der Waals surface area (Å²) < 4.78 is 61.8. The van der Waals surface area contributed by atoms with Gasteiger partial charge in [0.15, 0.2) is 0 Å². The summed E-state index contributed by atoms with van der Waals surface area (Å²) in [4.78, 5) is -1.25. The smallest absolute Gasteiger partial charge is 0.207 e. The van der Waals surface area contributed by atoms with E-state index in [1.165, 1.54) is 13.8 Å². The molecule has 0 radical (unpaired) electrons. The SMILES string of the molecule is C#CC(C)(C)NS(=O)(=O)c1ccc(S(=O)(=O)Cl)cc1F. The van der Waals surface area contributed by atoms with Crippen LogP contribution in [-0.4, -0.2) is 22.4 Å². The fourth-order valence-corrected chi connectivity index (χ4v) is 3.44. The lowest BCUT2D eigenvalue weighted by Crippen LogP contribution is -2.42. The van der Waals surface area contributed by atoms with Gasteiger partial charge in [0.2, 0.25) is 10.0 Å². The van der Waals surface area contributed by atoms with Crippen LogP contribution in [0, 0.1) is 18.2 Å². The first-order chi connectivity index (χ1) is 8.89. The quantitative estimate of drug-likeness (QED) is 0.665. The van der Waals surface area contributed by atoms with Crippen molar-refractivity contribution in [1.82, 2.24) is 4.72 Å². The average molecular weight is 340 g/mol. The molecule has 1 aromatic rings. The molecule has 0 aromatic heterocycles. The minimum atomic E-state index is -4.23. The molecule has 1 rings (SSSR count). The van der Waals surface area contributed by atoms with E-state index < -0.39 is 40.2 Å². The van der Waals surface area contributed by atoms with Crippen LogP contribution < -0.4 is 4.72 Å². The number of hydrogen-bond donors (Lipinski definition) is 1. The summed E-state index contributed by atoms with van der Waals surface area (Å²) in [6, 6.07) is 2.22. The number of benzene rings is 1. The second-order valence-corrected chi connectivity index (χ2v) is 8.62. The molecule has 1 N–H and O–H groups in total. The summed E-state index contributed by atoms with van der Waals surface area (Å²) in [5.41, 5.74) is -1.22. The maximum atomic E-state index is 13.8. The molecular formula is C11H11ClFNO4S2. The first-order valence-corrected chi connectivity index (χ1v) is 8.94. The third-order valence-corrected chi connectivity index (χ3v) is 5.27. The van der Waals surface area contributed by atoms with E-state index in [1.54, 1.807) is 0 Å². The molecule has 9 heteroatoms. The predicted octanol–water partition coefficient (Wildman–Crippen LogP) is 1.44. The van der Waals surface area contributed by atoms with Gasteiger partial charge in [0.1, 0.15) is 10.7 Å². The topological polar surface area (TPSA) is 80.3 Å². The molecule has 5 nitrogen and oxygen atoms in total. The molecule has 0 amide bonds. The monoisotopic (exact) mass is 339 g/mol. The molecule has 0 spiro atoms. The molecule has 0 aliphatic carbocycles. The summed E-state index contributed by atoms with van der Waals surface area (Å²) in [7, 11) is -3.33. The first kappa shape index (κ1) is 16.9. The van der Waals surface area contributed by atoms with Crippen LogP contribution in [0.25, 0.3) is 0 Å². The second kappa shape index (κ2) is 5.33. The normalized spacial score (nSPS) is 12.9. The van der Waals surface area contributed by atoms with Gasteiger partial charge >= 0.3 is 0 Å². The van der Waals surface area contributed by atoms with E-state index >= 15 is 0 Å². The molecule has 0 unspecified atom stereocenters. The van der Waals surface area contributed by atoms with Gasteiger partial charge in [-0.3, -0.25) is 0 Å². The Morgan fingerprint density at radius 1 is 1.30 bits per heavy atom. The first-order valence-electron chi connectivity index (χ1n) is 5.15. The molecule has 20 heavy (non-hydrogen) atoms. The van der Waals surface area contributed by atoms with Gasteiger partial charge in [-0.1, -0.05) is 5.92 Å². The Bertz CT molecular complexity index is 779. The van der Waals surface area contributed by atoms with Crippen molar-refractivity contribution in [2.45, 2.75) is 29.2 Å². The lowest BCUT2D eigenvalue weighted by Gasteiger charge is -2.19. The Balaban J connectivity index is 3.33. The van der Waals surface area contributed by atoms with Crippen molar-refractivity contribution in [2.24, 2.45) is 0 Å². The third kappa shape index (κ3) is 3.93. The Morgan fingerprint density at radius 2 is 1.85 bits per heavy atom. The van der Waals surface area contributed by atoms with Crippen LogP contribution in [0.4, 0.5) is 4.39 Å². The van der Waals surface area contributed by atoms with E-state index in [2.05, 4.69) is 10.6 Å². The second-order valence-electron chi connectivity index (χ2n) is 4.40. The Labute approximate surface area is 121 Å². The molecule has 110 valence electrons. The van der Waals surface area contributed by atoms with E-state index in [0.717, 1.165) is 12.1 Å². The molecule has 0 aliphatic heterocycles. The highest BCUT2D eigenvalue weighted by Crippen LogP contribution is 2.22. The predicted molar refractivity (Wildman–Crippen MR) is 72.7 cm³/mol. The Morgan fingerprint density at radius 3 is 2.25 bits per heavy atom. The van der Waals surface area contributed by atoms with E-state index in [9.17, 15) is 21.2 Å². The maximum absolute atomic E-state index is 13.8. The molecule has 0 aliphatic rings. The van der Waals surface area contributed by atoms with E-state index in [-0.39, 0.29) is 0 Å². The molecule has 0 saturated carbocycles. The van der Waals surface area contributed by atoms with Crippen molar-refractivity contribution in [2.75, 3.05) is 0 Å². The van der Waals surface area contributed by atoms with Crippen molar-refractivity contribution in [3.05, 3.63) is 24.0 Å². The maximum Gasteiger partial charge on any atom is 0.261 e. The summed E-state index contributed by atoms with van der Waals surface area (Å²) in [6.07, 6.45) is 5.14. The van der Waals surface area contributed by atoms with Crippen molar-refractivity contribution in [3.63, 3.8) is 0 Å². The Kier molecular flexibility index (Phi) is 4.51. The van der Waals surface area contributed by atoms with Crippen LogP contribution in [0.15, 0.2) is 28.0 Å². The van der Waals surface area contributed by atoms with Gasteiger partial charge < -0.3 is 0 Å². The van der Waals surface area contributed by atoms with Gasteiger partial charge in [0.05, 0.1) is 10.4 Å². The van der Waals surface area contributed by atoms with Crippen molar-refractivity contribution < 1.29 is 21.2 Å². The molecule has 0 heterocycles. The zero-order valence-corrected chi connectivity index (χ0v) is 12.9. The number of sulfonamides is 1. The van der Waals surface area contributed by atoms with Crippen LogP contribution in [0.5, 0.6) is 0 Å². The lowest BCUT2D eigenvalue weighted by molar-refractivity contribution is 0.525. The van der Waals surface area contributed by atoms with Gasteiger partial charge in [-0.2, -0.15) is 4.72 Å². The fourth-order valence-electron chi connectivity index (χ4n) is 1.27. The summed E-state index contributed by atoms with van der Waals surface area (Å²) in [6.45, 7) is 2.83. The molecule has 0 bridgehead atoms. The van der Waals surface area contributed by atoms with Crippen LogP contribution in [0.3, 0.4) is 0 Å². The minimum absolute atomic E-state index is 0.528. The Hall–Kier alpha value is -1.14. The molecule has 0 saturated heterocycles. The van der Waals surface area contributed by atoms with Crippen molar-refractivity contribution in [3.8, 4) is 12.3 Å². The van der Waals surface area contributed by atoms with E-state index in [4.69, 9.17) is 17.1 Å². The number of halogens is 2. The van der Waals surface area contributed by atoms with Gasteiger partial charge in [-0.05, 0) is 32.0 Å². The largest absolute Gasteiger partial charge is 0.261 e. The highest BCUT2D eigenvalue weighted by Gasteiger charge is 2.27.